The molecule has 0 aliphatic rings. The van der Waals surface area contributed by atoms with Crippen LogP contribution in [0.25, 0.3) is 0 Å². The van der Waals surface area contributed by atoms with Gasteiger partial charge in [0.25, 0.3) is 0 Å². The van der Waals surface area contributed by atoms with Crippen molar-refractivity contribution in [1.29, 1.82) is 0 Å². The van der Waals surface area contributed by atoms with E-state index in [-0.39, 0.29) is 22.8 Å². The van der Waals surface area contributed by atoms with Crippen molar-refractivity contribution in [2.45, 2.75) is 0 Å². The third kappa shape index (κ3) is 5.32. The molecule has 0 saturated carbocycles. The minimum absolute atomic E-state index is 0.119. The summed E-state index contributed by atoms with van der Waals surface area (Å²) in [6.45, 7) is 0. The summed E-state index contributed by atoms with van der Waals surface area (Å²) in [6, 6.07) is 30.3. The van der Waals surface area contributed by atoms with Crippen LogP contribution in [0.2, 0.25) is 0 Å². The zero-order chi connectivity index (χ0) is 23.0. The van der Waals surface area contributed by atoms with E-state index in [4.69, 9.17) is 14.2 Å². The van der Waals surface area contributed by atoms with E-state index in [9.17, 15) is 14.4 Å². The first-order chi connectivity index (χ1) is 16.1. The van der Waals surface area contributed by atoms with Crippen LogP contribution < -0.4 is 14.2 Å². The second kappa shape index (κ2) is 10.1. The number of rotatable bonds is 6. The lowest BCUT2D eigenvalue weighted by atomic mass is 10.2. The summed E-state index contributed by atoms with van der Waals surface area (Å²) in [5, 5.41) is 0. The van der Waals surface area contributed by atoms with Gasteiger partial charge in [0, 0.05) is 0 Å². The zero-order valence-electron chi connectivity index (χ0n) is 17.3. The Morgan fingerprint density at radius 1 is 0.485 bits per heavy atom. The average molecular weight is 437 g/mol. The predicted molar refractivity (Wildman–Crippen MR) is 119 cm³/mol. The molecule has 0 heterocycles. The van der Waals surface area contributed by atoms with E-state index in [2.05, 4.69) is 6.07 Å². The number of carbonyl (C=O) groups is 3. The number of hydrogen-bond acceptors (Lipinski definition) is 6. The molecule has 4 aromatic rings. The Morgan fingerprint density at radius 2 is 0.818 bits per heavy atom. The molecule has 0 aliphatic carbocycles. The molecule has 0 fully saturated rings. The Bertz CT molecular complexity index is 1200. The normalized spacial score (nSPS) is 10.2. The molecule has 0 unspecified atom stereocenters. The largest absolute Gasteiger partial charge is 0.419 e. The maximum atomic E-state index is 12.7. The summed E-state index contributed by atoms with van der Waals surface area (Å²) in [6.07, 6.45) is 0. The van der Waals surface area contributed by atoms with Crippen LogP contribution in [0.4, 0.5) is 0 Å². The van der Waals surface area contributed by atoms with Crippen molar-refractivity contribution in [2.75, 3.05) is 0 Å². The molecule has 1 radical (unpaired) electrons. The van der Waals surface area contributed by atoms with Gasteiger partial charge in [-0.1, -0.05) is 54.6 Å². The summed E-state index contributed by atoms with van der Waals surface area (Å²) in [5.74, 6) is -2.51. The van der Waals surface area contributed by atoms with E-state index < -0.39 is 17.9 Å². The minimum Gasteiger partial charge on any atom is -0.419 e. The smallest absolute Gasteiger partial charge is 0.343 e. The molecule has 0 aliphatic heterocycles. The van der Waals surface area contributed by atoms with E-state index in [1.54, 1.807) is 91.0 Å². The molecule has 0 atom stereocenters. The van der Waals surface area contributed by atoms with Crippen LogP contribution in [0.1, 0.15) is 31.1 Å². The van der Waals surface area contributed by atoms with Gasteiger partial charge in [-0.05, 0) is 54.6 Å². The van der Waals surface area contributed by atoms with Crippen molar-refractivity contribution in [2.24, 2.45) is 0 Å². The van der Waals surface area contributed by atoms with E-state index in [0.29, 0.717) is 11.1 Å². The van der Waals surface area contributed by atoms with Crippen LogP contribution in [-0.4, -0.2) is 17.9 Å². The topological polar surface area (TPSA) is 78.9 Å². The number of esters is 3. The Labute approximate surface area is 190 Å². The molecular formula is C27H17O6. The Morgan fingerprint density at radius 3 is 1.18 bits per heavy atom. The van der Waals surface area contributed by atoms with E-state index in [1.807, 2.05) is 0 Å². The van der Waals surface area contributed by atoms with Crippen molar-refractivity contribution in [1.82, 2.24) is 0 Å². The first-order valence-electron chi connectivity index (χ1n) is 9.97. The molecule has 0 amide bonds. The molecule has 0 N–H and O–H groups in total. The van der Waals surface area contributed by atoms with Crippen LogP contribution >= 0.6 is 0 Å². The summed E-state index contributed by atoms with van der Waals surface area (Å²) in [5.41, 5.74) is 0.861. The molecular weight excluding hydrogens is 420 g/mol. The maximum absolute atomic E-state index is 12.7. The standard InChI is InChI=1S/C27H17O6/c28-25(19-11-4-1-5-12-19)31-22-17-10-18-23(32-26(29)20-13-6-2-7-14-20)24(22)33-27(30)21-15-8-3-9-16-21/h1-9,11-18H. The van der Waals surface area contributed by atoms with Crippen molar-refractivity contribution in [3.63, 3.8) is 0 Å². The molecule has 0 bridgehead atoms. The molecule has 0 saturated heterocycles. The van der Waals surface area contributed by atoms with Crippen molar-refractivity contribution < 1.29 is 28.6 Å². The summed E-state index contributed by atoms with van der Waals surface area (Å²) >= 11 is 0. The SMILES string of the molecule is O=C(Oc1c[c]cc(OC(=O)c2ccccc2)c1OC(=O)c1ccccc1)c1ccccc1. The van der Waals surface area contributed by atoms with Gasteiger partial charge >= 0.3 is 17.9 Å². The molecule has 4 aromatic carbocycles. The molecule has 4 rings (SSSR count). The van der Waals surface area contributed by atoms with E-state index >= 15 is 0 Å². The summed E-state index contributed by atoms with van der Waals surface area (Å²) in [4.78, 5) is 37.9. The van der Waals surface area contributed by atoms with Gasteiger partial charge in [-0.3, -0.25) is 0 Å². The van der Waals surface area contributed by atoms with Crippen LogP contribution in [0.15, 0.2) is 103 Å². The highest BCUT2D eigenvalue weighted by Crippen LogP contribution is 2.38. The zero-order valence-corrected chi connectivity index (χ0v) is 17.3. The van der Waals surface area contributed by atoms with E-state index in [1.165, 1.54) is 12.1 Å². The van der Waals surface area contributed by atoms with Crippen molar-refractivity contribution >= 4 is 17.9 Å². The molecule has 33 heavy (non-hydrogen) atoms. The average Bonchev–Trinajstić information content (AvgIpc) is 2.87. The number of hydrogen-bond donors (Lipinski definition) is 0. The lowest BCUT2D eigenvalue weighted by Crippen LogP contribution is -2.15. The third-order valence-corrected chi connectivity index (χ3v) is 4.50. The van der Waals surface area contributed by atoms with Crippen LogP contribution in [0.5, 0.6) is 17.2 Å². The fourth-order valence-corrected chi connectivity index (χ4v) is 2.89. The first kappa shape index (κ1) is 21.5. The molecule has 6 heteroatoms. The number of benzene rings is 4. The van der Waals surface area contributed by atoms with Crippen molar-refractivity contribution in [3.8, 4) is 17.2 Å². The maximum Gasteiger partial charge on any atom is 0.343 e. The van der Waals surface area contributed by atoms with E-state index in [0.717, 1.165) is 0 Å². The second-order valence-electron chi connectivity index (χ2n) is 6.78. The van der Waals surface area contributed by atoms with Gasteiger partial charge in [0.05, 0.1) is 16.7 Å². The molecule has 6 nitrogen and oxygen atoms in total. The van der Waals surface area contributed by atoms with Gasteiger partial charge in [0.1, 0.15) is 0 Å². The second-order valence-corrected chi connectivity index (χ2v) is 6.78. The molecule has 0 spiro atoms. The minimum atomic E-state index is -0.712. The van der Waals surface area contributed by atoms with Gasteiger partial charge in [-0.2, -0.15) is 0 Å². The summed E-state index contributed by atoms with van der Waals surface area (Å²) < 4.78 is 16.4. The Kier molecular flexibility index (Phi) is 6.56. The molecule has 0 aromatic heterocycles. The predicted octanol–water partition coefficient (Wildman–Crippen LogP) is 5.14. The van der Waals surface area contributed by atoms with Gasteiger partial charge < -0.3 is 14.2 Å². The van der Waals surface area contributed by atoms with Gasteiger partial charge in [-0.25, -0.2) is 14.4 Å². The Balaban J connectivity index is 1.67. The van der Waals surface area contributed by atoms with Gasteiger partial charge in [0.15, 0.2) is 11.5 Å². The highest BCUT2D eigenvalue weighted by atomic mass is 16.6. The number of carbonyl (C=O) groups excluding carboxylic acids is 3. The van der Waals surface area contributed by atoms with Gasteiger partial charge in [-0.15, -0.1) is 0 Å². The Hall–Kier alpha value is -4.71. The van der Waals surface area contributed by atoms with Crippen LogP contribution in [-0.2, 0) is 0 Å². The van der Waals surface area contributed by atoms with Crippen molar-refractivity contribution in [3.05, 3.63) is 126 Å². The van der Waals surface area contributed by atoms with Gasteiger partial charge in [0.2, 0.25) is 5.75 Å². The highest BCUT2D eigenvalue weighted by Gasteiger charge is 2.22. The summed E-state index contributed by atoms with van der Waals surface area (Å²) in [7, 11) is 0. The first-order valence-corrected chi connectivity index (χ1v) is 9.97. The van der Waals surface area contributed by atoms with Crippen LogP contribution in [0.3, 0.4) is 0 Å². The lowest BCUT2D eigenvalue weighted by molar-refractivity contribution is 0.0657. The fraction of sp³-hybridized carbons (Fsp3) is 0. The van der Waals surface area contributed by atoms with Crippen LogP contribution in [0, 0.1) is 6.07 Å². The monoisotopic (exact) mass is 437 g/mol. The fourth-order valence-electron chi connectivity index (χ4n) is 2.89. The quantitative estimate of drug-likeness (QED) is 0.307. The molecule has 161 valence electrons. The third-order valence-electron chi connectivity index (χ3n) is 4.50. The number of ether oxygens (including phenoxy) is 3. The highest BCUT2D eigenvalue weighted by molar-refractivity contribution is 5.95. The lowest BCUT2D eigenvalue weighted by Gasteiger charge is -2.14.